The summed E-state index contributed by atoms with van der Waals surface area (Å²) < 4.78 is 10.1. The Morgan fingerprint density at radius 2 is 2.15 bits per heavy atom. The van der Waals surface area contributed by atoms with Gasteiger partial charge in [0.05, 0.1) is 12.7 Å². The highest BCUT2D eigenvalue weighted by molar-refractivity contribution is 6.12. The van der Waals surface area contributed by atoms with Crippen LogP contribution < -0.4 is 14.8 Å². The average Bonchev–Trinajstić information content (AvgIpc) is 2.50. The molecule has 1 aliphatic rings. The van der Waals surface area contributed by atoms with Gasteiger partial charge in [0.25, 0.3) is 6.29 Å². The maximum atomic E-state index is 12.3. The van der Waals surface area contributed by atoms with E-state index in [-0.39, 0.29) is 11.3 Å². The predicted molar refractivity (Wildman–Crippen MR) is 67.4 cm³/mol. The minimum absolute atomic E-state index is 0.0659. The standard InChI is InChI=1S/C13H13NO6/c1-6(15)14-10-11(16)8-5-7(19-2)3-4-9(8)20-13(18)12(10)17/h3-5,13,17-18H,1-2H3,(H,14,15). The van der Waals surface area contributed by atoms with Crippen LogP contribution in [0.1, 0.15) is 17.3 Å². The van der Waals surface area contributed by atoms with E-state index < -0.39 is 29.4 Å². The van der Waals surface area contributed by atoms with Crippen LogP contribution in [0, 0.1) is 0 Å². The highest BCUT2D eigenvalue weighted by Gasteiger charge is 2.31. The molecule has 0 aliphatic carbocycles. The Hall–Kier alpha value is -2.54. The molecular formula is C13H13NO6. The summed E-state index contributed by atoms with van der Waals surface area (Å²) in [4.78, 5) is 23.4. The Morgan fingerprint density at radius 1 is 1.45 bits per heavy atom. The van der Waals surface area contributed by atoms with Gasteiger partial charge in [0.15, 0.2) is 5.76 Å². The molecule has 0 saturated heterocycles. The number of carbonyl (C=O) groups excluding carboxylic acids is 2. The van der Waals surface area contributed by atoms with E-state index in [1.54, 1.807) is 6.07 Å². The lowest BCUT2D eigenvalue weighted by atomic mass is 10.1. The summed E-state index contributed by atoms with van der Waals surface area (Å²) in [6, 6.07) is 4.36. The number of rotatable bonds is 2. The number of fused-ring (bicyclic) bond motifs is 1. The van der Waals surface area contributed by atoms with E-state index in [4.69, 9.17) is 9.47 Å². The van der Waals surface area contributed by atoms with E-state index in [1.807, 2.05) is 0 Å². The number of allylic oxidation sites excluding steroid dienone is 1. The SMILES string of the molecule is COc1ccc2c(c1)C(=O)C(NC(C)=O)=C(O)C(O)O2. The number of carbonyl (C=O) groups is 2. The molecule has 0 bridgehead atoms. The highest BCUT2D eigenvalue weighted by atomic mass is 16.6. The second kappa shape index (κ2) is 5.22. The number of hydrogen-bond acceptors (Lipinski definition) is 6. The van der Waals surface area contributed by atoms with Crippen LogP contribution in [0.2, 0.25) is 0 Å². The van der Waals surface area contributed by atoms with Gasteiger partial charge >= 0.3 is 0 Å². The Morgan fingerprint density at radius 3 is 2.75 bits per heavy atom. The summed E-state index contributed by atoms with van der Waals surface area (Å²) >= 11 is 0. The first-order valence-corrected chi connectivity index (χ1v) is 5.72. The molecule has 7 heteroatoms. The van der Waals surface area contributed by atoms with Crippen molar-refractivity contribution in [2.75, 3.05) is 7.11 Å². The molecule has 1 aromatic carbocycles. The van der Waals surface area contributed by atoms with Crippen molar-refractivity contribution in [3.8, 4) is 11.5 Å². The minimum Gasteiger partial charge on any atom is -0.505 e. The predicted octanol–water partition coefficient (Wildman–Crippen LogP) is 0.494. The van der Waals surface area contributed by atoms with Gasteiger partial charge < -0.3 is 25.0 Å². The van der Waals surface area contributed by atoms with Crippen LogP contribution in [0.5, 0.6) is 11.5 Å². The smallest absolute Gasteiger partial charge is 0.258 e. The Labute approximate surface area is 114 Å². The number of amides is 1. The lowest BCUT2D eigenvalue weighted by molar-refractivity contribution is -0.118. The van der Waals surface area contributed by atoms with Crippen LogP contribution in [0.3, 0.4) is 0 Å². The lowest BCUT2D eigenvalue weighted by Crippen LogP contribution is -2.29. The van der Waals surface area contributed by atoms with E-state index in [1.165, 1.54) is 26.2 Å². The molecule has 1 atom stereocenters. The number of aliphatic hydroxyl groups excluding tert-OH is 2. The summed E-state index contributed by atoms with van der Waals surface area (Å²) in [7, 11) is 1.43. The number of ketones is 1. The first kappa shape index (κ1) is 13.9. The minimum atomic E-state index is -1.74. The Bertz CT molecular complexity index is 607. The first-order valence-electron chi connectivity index (χ1n) is 5.72. The van der Waals surface area contributed by atoms with Crippen LogP contribution >= 0.6 is 0 Å². The topological polar surface area (TPSA) is 105 Å². The van der Waals surface area contributed by atoms with Crippen LogP contribution in [-0.4, -0.2) is 35.3 Å². The van der Waals surface area contributed by atoms with Crippen LogP contribution in [-0.2, 0) is 4.79 Å². The average molecular weight is 279 g/mol. The normalized spacial score (nSPS) is 17.9. The fourth-order valence-corrected chi connectivity index (χ4v) is 1.76. The fraction of sp³-hybridized carbons (Fsp3) is 0.231. The van der Waals surface area contributed by atoms with Crippen molar-refractivity contribution in [3.63, 3.8) is 0 Å². The second-order valence-corrected chi connectivity index (χ2v) is 4.10. The highest BCUT2D eigenvalue weighted by Crippen LogP contribution is 2.30. The molecule has 20 heavy (non-hydrogen) atoms. The molecule has 2 rings (SSSR count). The molecule has 1 aromatic rings. The number of benzene rings is 1. The molecule has 1 heterocycles. The molecule has 0 radical (unpaired) electrons. The van der Waals surface area contributed by atoms with Gasteiger partial charge in [0.2, 0.25) is 11.7 Å². The summed E-state index contributed by atoms with van der Waals surface area (Å²) in [5.74, 6) is -1.50. The Kier molecular flexibility index (Phi) is 3.62. The molecule has 7 nitrogen and oxygen atoms in total. The van der Waals surface area contributed by atoms with Crippen molar-refractivity contribution in [1.29, 1.82) is 0 Å². The van der Waals surface area contributed by atoms with Gasteiger partial charge in [-0.2, -0.15) is 0 Å². The van der Waals surface area contributed by atoms with E-state index in [9.17, 15) is 19.8 Å². The zero-order chi connectivity index (χ0) is 14.9. The number of hydrogen-bond donors (Lipinski definition) is 3. The lowest BCUT2D eigenvalue weighted by Gasteiger charge is -2.12. The molecule has 106 valence electrons. The van der Waals surface area contributed by atoms with E-state index in [0.29, 0.717) is 5.75 Å². The zero-order valence-electron chi connectivity index (χ0n) is 10.8. The first-order chi connectivity index (χ1) is 9.43. The van der Waals surface area contributed by atoms with Gasteiger partial charge in [0.1, 0.15) is 17.2 Å². The van der Waals surface area contributed by atoms with Crippen LogP contribution in [0.4, 0.5) is 0 Å². The zero-order valence-corrected chi connectivity index (χ0v) is 10.8. The van der Waals surface area contributed by atoms with Crippen molar-refractivity contribution in [3.05, 3.63) is 35.2 Å². The monoisotopic (exact) mass is 279 g/mol. The molecule has 0 spiro atoms. The molecule has 1 amide bonds. The van der Waals surface area contributed by atoms with Gasteiger partial charge in [-0.1, -0.05) is 0 Å². The van der Waals surface area contributed by atoms with Gasteiger partial charge in [-0.25, -0.2) is 0 Å². The molecule has 0 fully saturated rings. The van der Waals surface area contributed by atoms with Crippen LogP contribution in [0.25, 0.3) is 0 Å². The summed E-state index contributed by atoms with van der Waals surface area (Å²) in [6.45, 7) is 1.18. The second-order valence-electron chi connectivity index (χ2n) is 4.10. The van der Waals surface area contributed by atoms with Gasteiger partial charge in [-0.05, 0) is 18.2 Å². The summed E-state index contributed by atoms with van der Waals surface area (Å²) in [5, 5.41) is 21.6. The molecule has 1 aliphatic heterocycles. The third-order valence-corrected chi connectivity index (χ3v) is 2.69. The number of methoxy groups -OCH3 is 1. The summed E-state index contributed by atoms with van der Waals surface area (Å²) in [6.07, 6.45) is -1.74. The van der Waals surface area contributed by atoms with Crippen molar-refractivity contribution in [2.24, 2.45) is 0 Å². The Balaban J connectivity index is 2.55. The molecular weight excluding hydrogens is 266 g/mol. The van der Waals surface area contributed by atoms with Crippen molar-refractivity contribution in [2.45, 2.75) is 13.2 Å². The fourth-order valence-electron chi connectivity index (χ4n) is 1.76. The molecule has 0 aromatic heterocycles. The number of ether oxygens (including phenoxy) is 2. The van der Waals surface area contributed by atoms with E-state index in [0.717, 1.165) is 0 Å². The molecule has 3 N–H and O–H groups in total. The van der Waals surface area contributed by atoms with E-state index >= 15 is 0 Å². The number of nitrogens with one attached hydrogen (secondary N) is 1. The van der Waals surface area contributed by atoms with Gasteiger partial charge in [-0.15, -0.1) is 0 Å². The molecule has 1 unspecified atom stereocenters. The number of Topliss-reactive ketones (excluding diaryl/α,β-unsaturated/α-hetero) is 1. The third kappa shape index (κ3) is 2.43. The van der Waals surface area contributed by atoms with Gasteiger partial charge in [-0.3, -0.25) is 9.59 Å². The van der Waals surface area contributed by atoms with Crippen molar-refractivity contribution < 1.29 is 29.3 Å². The number of aliphatic hydroxyl groups is 2. The van der Waals surface area contributed by atoms with E-state index in [2.05, 4.69) is 5.32 Å². The van der Waals surface area contributed by atoms with Gasteiger partial charge in [0, 0.05) is 6.92 Å². The summed E-state index contributed by atoms with van der Waals surface area (Å²) in [5.41, 5.74) is -0.354. The molecule has 0 saturated carbocycles. The quantitative estimate of drug-likeness (QED) is 0.728. The maximum absolute atomic E-state index is 12.3. The van der Waals surface area contributed by atoms with Crippen LogP contribution in [0.15, 0.2) is 29.7 Å². The van der Waals surface area contributed by atoms with Crippen molar-refractivity contribution in [1.82, 2.24) is 5.32 Å². The third-order valence-electron chi connectivity index (χ3n) is 2.69. The maximum Gasteiger partial charge on any atom is 0.258 e. The largest absolute Gasteiger partial charge is 0.505 e. The van der Waals surface area contributed by atoms with Crippen molar-refractivity contribution >= 4 is 11.7 Å².